The predicted octanol–water partition coefficient (Wildman–Crippen LogP) is 3.64. The fourth-order valence-corrected chi connectivity index (χ4v) is 4.38. The normalized spacial score (nSPS) is 28.5. The first kappa shape index (κ1) is 17.4. The van der Waals surface area contributed by atoms with E-state index in [-0.39, 0.29) is 6.09 Å². The number of hydrogen-bond donors (Lipinski definition) is 0. The van der Waals surface area contributed by atoms with Crippen molar-refractivity contribution in [3.8, 4) is 0 Å². The van der Waals surface area contributed by atoms with Crippen LogP contribution in [0.15, 0.2) is 27.9 Å². The first-order chi connectivity index (χ1) is 11.4. The van der Waals surface area contributed by atoms with E-state index in [1.807, 2.05) is 43.6 Å². The zero-order valence-corrected chi connectivity index (χ0v) is 15.7. The topological polar surface area (TPSA) is 45.1 Å². The highest BCUT2D eigenvalue weighted by Crippen LogP contribution is 2.35. The van der Waals surface area contributed by atoms with E-state index in [0.29, 0.717) is 0 Å². The van der Waals surface area contributed by atoms with E-state index in [1.165, 1.54) is 16.3 Å². The van der Waals surface area contributed by atoms with Gasteiger partial charge in [0.1, 0.15) is 5.60 Å². The van der Waals surface area contributed by atoms with Crippen LogP contribution in [0.25, 0.3) is 0 Å². The molecule has 0 aromatic heterocycles. The molecule has 6 heteroatoms. The summed E-state index contributed by atoms with van der Waals surface area (Å²) in [6, 6.07) is 0. The summed E-state index contributed by atoms with van der Waals surface area (Å²) in [6.45, 7) is 8.91. The molecule has 0 atom stereocenters. The van der Waals surface area contributed by atoms with Gasteiger partial charge in [-0.1, -0.05) is 6.08 Å². The van der Waals surface area contributed by atoms with E-state index >= 15 is 0 Å². The number of allylic oxidation sites excluding steroid dienone is 3. The van der Waals surface area contributed by atoms with E-state index in [1.54, 1.807) is 0 Å². The van der Waals surface area contributed by atoms with Crippen molar-refractivity contribution >= 4 is 23.6 Å². The van der Waals surface area contributed by atoms with Gasteiger partial charge in [0.25, 0.3) is 0 Å². The molecule has 0 radical (unpaired) electrons. The van der Waals surface area contributed by atoms with E-state index in [0.717, 1.165) is 51.2 Å². The van der Waals surface area contributed by atoms with E-state index in [9.17, 15) is 4.79 Å². The SMILES string of the molecule is CC(C)(C)OC(=O)N1CCN(\C2=C3/SCC/C3=N\C=C/CC2)CC1. The average Bonchev–Trinajstić information content (AvgIpc) is 2.93. The molecule has 5 nitrogen and oxygen atoms in total. The lowest BCUT2D eigenvalue weighted by molar-refractivity contribution is 0.0167. The Hall–Kier alpha value is -1.43. The maximum atomic E-state index is 12.2. The highest BCUT2D eigenvalue weighted by molar-refractivity contribution is 8.04. The van der Waals surface area contributed by atoms with E-state index < -0.39 is 5.60 Å². The summed E-state index contributed by atoms with van der Waals surface area (Å²) in [7, 11) is 0. The minimum Gasteiger partial charge on any atom is -0.444 e. The van der Waals surface area contributed by atoms with Crippen LogP contribution < -0.4 is 0 Å². The lowest BCUT2D eigenvalue weighted by Crippen LogP contribution is -2.49. The molecule has 2 fully saturated rings. The molecule has 0 aliphatic carbocycles. The third-order valence-corrected chi connectivity index (χ3v) is 5.47. The van der Waals surface area contributed by atoms with Gasteiger partial charge < -0.3 is 14.5 Å². The number of carbonyl (C=O) groups excluding carboxylic acids is 1. The highest BCUT2D eigenvalue weighted by Gasteiger charge is 2.29. The van der Waals surface area contributed by atoms with Crippen LogP contribution in [-0.4, -0.2) is 59.1 Å². The second kappa shape index (κ2) is 7.21. The van der Waals surface area contributed by atoms with Gasteiger partial charge in [-0.2, -0.15) is 0 Å². The number of rotatable bonds is 1. The number of hydrogen-bond acceptors (Lipinski definition) is 5. The standard InChI is InChI=1S/C18H27N3O2S/c1-18(2,3)23-17(22)21-11-9-20(10-12-21)15-6-4-5-8-19-14-7-13-24-16(14)15/h5,8H,4,6-7,9-13H2,1-3H3/b8-5-,16-15-,19-14+. The molecular weight excluding hydrogens is 322 g/mol. The quantitative estimate of drug-likeness (QED) is 0.725. The predicted molar refractivity (Wildman–Crippen MR) is 99.3 cm³/mol. The molecule has 0 spiro atoms. The molecule has 2 saturated heterocycles. The fourth-order valence-electron chi connectivity index (χ4n) is 3.16. The summed E-state index contributed by atoms with van der Waals surface area (Å²) in [5.74, 6) is 1.13. The van der Waals surface area contributed by atoms with Crippen molar-refractivity contribution in [1.29, 1.82) is 0 Å². The minimum absolute atomic E-state index is 0.196. The Kier molecular flexibility index (Phi) is 5.23. The van der Waals surface area contributed by atoms with Gasteiger partial charge in [0.05, 0.1) is 5.71 Å². The Morgan fingerprint density at radius 2 is 1.96 bits per heavy atom. The molecule has 3 aliphatic rings. The van der Waals surface area contributed by atoms with Crippen LogP contribution in [0.4, 0.5) is 4.79 Å². The van der Waals surface area contributed by atoms with Crippen LogP contribution in [0.5, 0.6) is 0 Å². The van der Waals surface area contributed by atoms with Crippen LogP contribution in [0.1, 0.15) is 40.0 Å². The number of aliphatic imine (C=N–C) groups is 1. The molecule has 132 valence electrons. The van der Waals surface area contributed by atoms with Crippen molar-refractivity contribution in [2.45, 2.75) is 45.6 Å². The van der Waals surface area contributed by atoms with Crippen LogP contribution in [0.2, 0.25) is 0 Å². The Bertz CT molecular complexity index is 582. The van der Waals surface area contributed by atoms with Gasteiger partial charge in [0.15, 0.2) is 0 Å². The Balaban J connectivity index is 1.66. The zero-order valence-electron chi connectivity index (χ0n) is 14.9. The van der Waals surface area contributed by atoms with Gasteiger partial charge in [-0.3, -0.25) is 4.99 Å². The third kappa shape index (κ3) is 4.15. The van der Waals surface area contributed by atoms with Gasteiger partial charge in [0, 0.05) is 55.2 Å². The van der Waals surface area contributed by atoms with Crippen molar-refractivity contribution in [2.75, 3.05) is 31.9 Å². The Morgan fingerprint density at radius 3 is 2.67 bits per heavy atom. The first-order valence-corrected chi connectivity index (χ1v) is 9.73. The number of nitrogens with zero attached hydrogens (tertiary/aromatic N) is 3. The number of thioether (sulfide) groups is 1. The molecular formula is C18H27N3O2S. The maximum Gasteiger partial charge on any atom is 0.410 e. The average molecular weight is 350 g/mol. The number of carbonyl (C=O) groups is 1. The lowest BCUT2D eigenvalue weighted by Gasteiger charge is -2.38. The van der Waals surface area contributed by atoms with Crippen LogP contribution >= 0.6 is 11.8 Å². The Labute approximate surface area is 148 Å². The van der Waals surface area contributed by atoms with Gasteiger partial charge in [-0.25, -0.2) is 4.79 Å². The summed E-state index contributed by atoms with van der Waals surface area (Å²) in [5.41, 5.74) is 2.22. The largest absolute Gasteiger partial charge is 0.444 e. The first-order valence-electron chi connectivity index (χ1n) is 8.75. The summed E-state index contributed by atoms with van der Waals surface area (Å²) in [4.78, 5) is 22.5. The maximum absolute atomic E-state index is 12.2. The molecule has 0 unspecified atom stereocenters. The van der Waals surface area contributed by atoms with E-state index in [2.05, 4.69) is 16.0 Å². The van der Waals surface area contributed by atoms with Gasteiger partial charge in [-0.15, -0.1) is 11.8 Å². The molecule has 0 saturated carbocycles. The van der Waals surface area contributed by atoms with Gasteiger partial charge in [0.2, 0.25) is 0 Å². The van der Waals surface area contributed by atoms with Crippen molar-refractivity contribution in [2.24, 2.45) is 4.99 Å². The van der Waals surface area contributed by atoms with Gasteiger partial charge >= 0.3 is 6.09 Å². The molecule has 1 amide bonds. The number of fused-ring (bicyclic) bond motifs is 1. The molecule has 0 aromatic rings. The summed E-state index contributed by atoms with van der Waals surface area (Å²) in [6.07, 6.45) is 7.07. The lowest BCUT2D eigenvalue weighted by atomic mass is 10.1. The Morgan fingerprint density at radius 1 is 1.21 bits per heavy atom. The number of amides is 1. The summed E-state index contributed by atoms with van der Waals surface area (Å²) < 4.78 is 5.49. The van der Waals surface area contributed by atoms with Crippen molar-refractivity contribution in [1.82, 2.24) is 9.80 Å². The highest BCUT2D eigenvalue weighted by atomic mass is 32.2. The van der Waals surface area contributed by atoms with Crippen molar-refractivity contribution < 1.29 is 9.53 Å². The second-order valence-corrected chi connectivity index (χ2v) is 8.43. The van der Waals surface area contributed by atoms with Crippen LogP contribution in [0.3, 0.4) is 0 Å². The molecule has 0 bridgehead atoms. The molecule has 3 heterocycles. The van der Waals surface area contributed by atoms with E-state index in [4.69, 9.17) is 4.74 Å². The monoisotopic (exact) mass is 349 g/mol. The van der Waals surface area contributed by atoms with Gasteiger partial charge in [-0.05, 0) is 33.6 Å². The number of piperazine rings is 1. The fraction of sp³-hybridized carbons (Fsp3) is 0.667. The summed E-state index contributed by atoms with van der Waals surface area (Å²) in [5, 5.41) is 0. The number of ether oxygens (including phenoxy) is 1. The minimum atomic E-state index is -0.434. The second-order valence-electron chi connectivity index (χ2n) is 7.33. The smallest absolute Gasteiger partial charge is 0.410 e. The summed E-state index contributed by atoms with van der Waals surface area (Å²) >= 11 is 1.93. The zero-order chi connectivity index (χ0) is 17.2. The van der Waals surface area contributed by atoms with Crippen LogP contribution in [0, 0.1) is 0 Å². The van der Waals surface area contributed by atoms with Crippen molar-refractivity contribution in [3.05, 3.63) is 22.9 Å². The molecule has 24 heavy (non-hydrogen) atoms. The molecule has 3 rings (SSSR count). The third-order valence-electron chi connectivity index (χ3n) is 4.31. The van der Waals surface area contributed by atoms with Crippen LogP contribution in [-0.2, 0) is 4.74 Å². The molecule has 3 aliphatic heterocycles. The molecule has 0 aromatic carbocycles. The van der Waals surface area contributed by atoms with Crippen molar-refractivity contribution in [3.63, 3.8) is 0 Å². The molecule has 0 N–H and O–H groups in total.